The minimum absolute atomic E-state index is 0.481. The van der Waals surface area contributed by atoms with Crippen LogP contribution in [0.3, 0.4) is 0 Å². The van der Waals surface area contributed by atoms with Crippen LogP contribution < -0.4 is 5.32 Å². The van der Waals surface area contributed by atoms with Gasteiger partial charge in [-0.15, -0.1) is 0 Å². The van der Waals surface area contributed by atoms with Crippen LogP contribution in [0.2, 0.25) is 10.2 Å². The summed E-state index contributed by atoms with van der Waals surface area (Å²) in [6.07, 6.45) is 0. The van der Waals surface area contributed by atoms with Gasteiger partial charge in [-0.25, -0.2) is 0 Å². The van der Waals surface area contributed by atoms with Crippen LogP contribution in [0.1, 0.15) is 5.56 Å². The monoisotopic (exact) mass is 282 g/mol. The molecule has 1 N–H and O–H groups in total. The fourth-order valence-corrected chi connectivity index (χ4v) is 2.76. The Balaban J connectivity index is 2.12. The lowest BCUT2D eigenvalue weighted by Crippen LogP contribution is -2.24. The Kier molecular flexibility index (Phi) is 2.92. The molecule has 2 aromatic rings. The largest absolute Gasteiger partial charge is 0.370 e. The topological polar surface area (TPSA) is 42.2 Å². The summed E-state index contributed by atoms with van der Waals surface area (Å²) < 4.78 is 1.88. The Morgan fingerprint density at radius 1 is 1.39 bits per heavy atom. The molecule has 0 aliphatic carbocycles. The zero-order chi connectivity index (χ0) is 12.7. The molecule has 0 unspecified atom stereocenters. The Morgan fingerprint density at radius 3 is 2.94 bits per heavy atom. The van der Waals surface area contributed by atoms with Gasteiger partial charge in [-0.3, -0.25) is 9.67 Å². The molecule has 0 saturated carbocycles. The van der Waals surface area contributed by atoms with E-state index in [0.29, 0.717) is 16.7 Å². The maximum absolute atomic E-state index is 6.16. The summed E-state index contributed by atoms with van der Waals surface area (Å²) in [6.45, 7) is 4.35. The van der Waals surface area contributed by atoms with Crippen molar-refractivity contribution in [2.75, 3.05) is 13.1 Å². The number of nitrogens with one attached hydrogen (secondary N) is 1. The molecule has 0 saturated heterocycles. The van der Waals surface area contributed by atoms with Gasteiger partial charge in [-0.2, -0.15) is 5.10 Å². The number of rotatable bonds is 2. The molecule has 6 heteroatoms. The van der Waals surface area contributed by atoms with Crippen LogP contribution in [0.25, 0.3) is 10.9 Å². The molecule has 1 aliphatic rings. The average Bonchev–Trinajstić information content (AvgIpc) is 2.89. The summed E-state index contributed by atoms with van der Waals surface area (Å²) in [6, 6.07) is 3.77. The second-order valence-electron chi connectivity index (χ2n) is 4.32. The standard InChI is InChI=1S/C12H12Cl2N4/c1-7-4-8(13)5-9-11(7)18(17-12(9)14)6-10-15-2-3-16-10/h4-5H,2-3,6H2,1H3,(H,15,16). The first kappa shape index (κ1) is 11.8. The molecule has 1 aliphatic heterocycles. The van der Waals surface area contributed by atoms with E-state index in [1.807, 2.05) is 23.7 Å². The molecule has 1 aromatic heterocycles. The lowest BCUT2D eigenvalue weighted by Gasteiger charge is -2.06. The Hall–Kier alpha value is -1.26. The molecular weight excluding hydrogens is 271 g/mol. The summed E-state index contributed by atoms with van der Waals surface area (Å²) in [5.41, 5.74) is 2.08. The third-order valence-corrected chi connectivity index (χ3v) is 3.49. The van der Waals surface area contributed by atoms with Crippen molar-refractivity contribution in [3.63, 3.8) is 0 Å². The second kappa shape index (κ2) is 4.44. The van der Waals surface area contributed by atoms with Gasteiger partial charge in [0.05, 0.1) is 18.6 Å². The second-order valence-corrected chi connectivity index (χ2v) is 5.12. The molecule has 4 nitrogen and oxygen atoms in total. The van der Waals surface area contributed by atoms with Gasteiger partial charge >= 0.3 is 0 Å². The molecule has 0 radical (unpaired) electrons. The first-order valence-electron chi connectivity index (χ1n) is 5.74. The average molecular weight is 283 g/mol. The van der Waals surface area contributed by atoms with Crippen molar-refractivity contribution in [2.45, 2.75) is 13.5 Å². The highest BCUT2D eigenvalue weighted by Gasteiger charge is 2.14. The predicted molar refractivity (Wildman–Crippen MR) is 74.8 cm³/mol. The lowest BCUT2D eigenvalue weighted by atomic mass is 10.1. The third-order valence-electron chi connectivity index (χ3n) is 3.00. The van der Waals surface area contributed by atoms with Crippen molar-refractivity contribution < 1.29 is 0 Å². The van der Waals surface area contributed by atoms with E-state index in [2.05, 4.69) is 15.4 Å². The van der Waals surface area contributed by atoms with Gasteiger partial charge in [-0.1, -0.05) is 23.2 Å². The third kappa shape index (κ3) is 1.95. The molecule has 0 bridgehead atoms. The van der Waals surface area contributed by atoms with E-state index in [1.165, 1.54) is 0 Å². The molecule has 94 valence electrons. The van der Waals surface area contributed by atoms with Gasteiger partial charge < -0.3 is 5.32 Å². The number of amidine groups is 1. The number of aryl methyl sites for hydroxylation is 1. The maximum Gasteiger partial charge on any atom is 0.158 e. The number of aromatic nitrogens is 2. The van der Waals surface area contributed by atoms with E-state index in [9.17, 15) is 0 Å². The van der Waals surface area contributed by atoms with Crippen molar-refractivity contribution >= 4 is 39.9 Å². The SMILES string of the molecule is Cc1cc(Cl)cc2c(Cl)nn(CC3=NCCN3)c12. The van der Waals surface area contributed by atoms with E-state index in [0.717, 1.165) is 35.4 Å². The van der Waals surface area contributed by atoms with E-state index in [4.69, 9.17) is 23.2 Å². The Morgan fingerprint density at radius 2 is 2.22 bits per heavy atom. The summed E-state index contributed by atoms with van der Waals surface area (Å²) in [5, 5.41) is 9.64. The number of aliphatic imine (C=N–C) groups is 1. The first-order chi connectivity index (χ1) is 8.65. The molecule has 0 spiro atoms. The maximum atomic E-state index is 6.16. The molecule has 0 atom stereocenters. The Labute approximate surface area is 115 Å². The fraction of sp³-hybridized carbons (Fsp3) is 0.333. The number of benzene rings is 1. The lowest BCUT2D eigenvalue weighted by molar-refractivity contribution is 0.737. The number of fused-ring (bicyclic) bond motifs is 1. The minimum Gasteiger partial charge on any atom is -0.370 e. The number of nitrogens with zero attached hydrogens (tertiary/aromatic N) is 3. The van der Waals surface area contributed by atoms with Crippen LogP contribution in [-0.2, 0) is 6.54 Å². The van der Waals surface area contributed by atoms with E-state index < -0.39 is 0 Å². The summed E-state index contributed by atoms with van der Waals surface area (Å²) in [7, 11) is 0. The molecule has 2 heterocycles. The highest BCUT2D eigenvalue weighted by atomic mass is 35.5. The molecule has 1 aromatic carbocycles. The van der Waals surface area contributed by atoms with E-state index >= 15 is 0 Å². The molecule has 0 amide bonds. The van der Waals surface area contributed by atoms with Crippen LogP contribution in [-0.4, -0.2) is 28.7 Å². The van der Waals surface area contributed by atoms with Gasteiger partial charge in [-0.05, 0) is 24.6 Å². The van der Waals surface area contributed by atoms with E-state index in [1.54, 1.807) is 0 Å². The van der Waals surface area contributed by atoms with Crippen molar-refractivity contribution in [3.8, 4) is 0 Å². The van der Waals surface area contributed by atoms with Crippen LogP contribution in [0, 0.1) is 6.92 Å². The van der Waals surface area contributed by atoms with Crippen LogP contribution in [0.4, 0.5) is 0 Å². The van der Waals surface area contributed by atoms with E-state index in [-0.39, 0.29) is 0 Å². The first-order valence-corrected chi connectivity index (χ1v) is 6.50. The van der Waals surface area contributed by atoms with Gasteiger partial charge in [0.1, 0.15) is 5.84 Å². The van der Waals surface area contributed by atoms with Gasteiger partial charge in [0.25, 0.3) is 0 Å². The minimum atomic E-state index is 0.481. The van der Waals surface area contributed by atoms with Gasteiger partial charge in [0.2, 0.25) is 0 Å². The highest BCUT2D eigenvalue weighted by Crippen LogP contribution is 2.29. The molecule has 0 fully saturated rings. The van der Waals surface area contributed by atoms with Crippen LogP contribution >= 0.6 is 23.2 Å². The number of hydrogen-bond donors (Lipinski definition) is 1. The smallest absolute Gasteiger partial charge is 0.158 e. The van der Waals surface area contributed by atoms with Crippen molar-refractivity contribution in [2.24, 2.45) is 4.99 Å². The quantitative estimate of drug-likeness (QED) is 0.920. The summed E-state index contributed by atoms with van der Waals surface area (Å²) >= 11 is 12.2. The van der Waals surface area contributed by atoms with Crippen molar-refractivity contribution in [1.82, 2.24) is 15.1 Å². The highest BCUT2D eigenvalue weighted by molar-refractivity contribution is 6.36. The van der Waals surface area contributed by atoms with Crippen molar-refractivity contribution in [3.05, 3.63) is 27.9 Å². The zero-order valence-corrected chi connectivity index (χ0v) is 11.4. The molecule has 18 heavy (non-hydrogen) atoms. The Bertz CT molecular complexity index is 645. The summed E-state index contributed by atoms with van der Waals surface area (Å²) in [4.78, 5) is 4.37. The normalized spacial score (nSPS) is 14.9. The summed E-state index contributed by atoms with van der Waals surface area (Å²) in [5.74, 6) is 0.949. The number of halogens is 2. The predicted octanol–water partition coefficient (Wildman–Crippen LogP) is 2.65. The van der Waals surface area contributed by atoms with Crippen LogP contribution in [0.5, 0.6) is 0 Å². The molecular formula is C12H12Cl2N4. The van der Waals surface area contributed by atoms with Gasteiger partial charge in [0, 0.05) is 17.0 Å². The van der Waals surface area contributed by atoms with Crippen molar-refractivity contribution in [1.29, 1.82) is 0 Å². The molecule has 3 rings (SSSR count). The zero-order valence-electron chi connectivity index (χ0n) is 9.87. The fourth-order valence-electron chi connectivity index (χ4n) is 2.25. The number of hydrogen-bond acceptors (Lipinski definition) is 3. The van der Waals surface area contributed by atoms with Crippen LogP contribution in [0.15, 0.2) is 17.1 Å². The van der Waals surface area contributed by atoms with Gasteiger partial charge in [0.15, 0.2) is 5.15 Å².